The van der Waals surface area contributed by atoms with Crippen LogP contribution < -0.4 is 20.3 Å². The van der Waals surface area contributed by atoms with E-state index in [4.69, 9.17) is 4.74 Å². The van der Waals surface area contributed by atoms with Crippen molar-refractivity contribution in [3.63, 3.8) is 0 Å². The van der Waals surface area contributed by atoms with Crippen LogP contribution in [0.1, 0.15) is 0 Å². The average Bonchev–Trinajstić information content (AvgIpc) is 3.28. The first kappa shape index (κ1) is 22.8. The Morgan fingerprint density at radius 2 is 1.67 bits per heavy atom. The second-order valence-corrected chi connectivity index (χ2v) is 7.81. The van der Waals surface area contributed by atoms with Crippen molar-refractivity contribution in [1.29, 1.82) is 0 Å². The molecule has 1 aromatic heterocycles. The Kier molecular flexibility index (Phi) is 6.39. The summed E-state index contributed by atoms with van der Waals surface area (Å²) >= 11 is 0. The standard InChI is InChI=1S/C26H21FN6O3/c27-21-17-19(30-25(34)33-16-15-32(26(33)35)20-9-5-2-6-10-20)11-12-22(21)36-23-13-14-28-24(31-23)29-18-7-3-1-4-8-18/h1-14,17H,15-16H2,(H,30,34)(H,28,29,31). The second kappa shape index (κ2) is 10.1. The van der Waals surface area contributed by atoms with Gasteiger partial charge in [-0.2, -0.15) is 4.98 Å². The number of aromatic nitrogens is 2. The van der Waals surface area contributed by atoms with Gasteiger partial charge in [-0.05, 0) is 36.4 Å². The smallest absolute Gasteiger partial charge is 0.332 e. The molecule has 0 saturated carbocycles. The monoisotopic (exact) mass is 484 g/mol. The number of benzene rings is 3. The summed E-state index contributed by atoms with van der Waals surface area (Å²) in [7, 11) is 0. The van der Waals surface area contributed by atoms with Gasteiger partial charge in [-0.1, -0.05) is 36.4 Å². The number of carbonyl (C=O) groups excluding carboxylic acids is 2. The Morgan fingerprint density at radius 3 is 2.42 bits per heavy atom. The SMILES string of the molecule is O=C(Nc1ccc(Oc2ccnc(Nc3ccccc3)n2)c(F)c1)N1CCN(c2ccccc2)C1=O. The molecule has 1 saturated heterocycles. The molecule has 180 valence electrons. The molecule has 4 amide bonds. The zero-order valence-electron chi connectivity index (χ0n) is 19.0. The number of nitrogens with zero attached hydrogens (tertiary/aromatic N) is 4. The summed E-state index contributed by atoms with van der Waals surface area (Å²) in [5.41, 5.74) is 1.69. The summed E-state index contributed by atoms with van der Waals surface area (Å²) in [4.78, 5) is 36.3. The number of halogens is 1. The molecule has 4 aromatic rings. The van der Waals surface area contributed by atoms with Crippen LogP contribution in [-0.2, 0) is 0 Å². The fourth-order valence-corrected chi connectivity index (χ4v) is 3.65. The normalized spacial score (nSPS) is 13.0. The highest BCUT2D eigenvalue weighted by Gasteiger charge is 2.34. The van der Waals surface area contributed by atoms with Crippen molar-refractivity contribution in [3.8, 4) is 11.6 Å². The van der Waals surface area contributed by atoms with Crippen molar-refractivity contribution in [2.75, 3.05) is 28.6 Å². The third-order valence-corrected chi connectivity index (χ3v) is 5.38. The number of anilines is 4. The molecule has 1 aliphatic heterocycles. The summed E-state index contributed by atoms with van der Waals surface area (Å²) in [6.45, 7) is 0.591. The number of hydrogen-bond acceptors (Lipinski definition) is 6. The van der Waals surface area contributed by atoms with Crippen LogP contribution in [0.15, 0.2) is 91.1 Å². The quantitative estimate of drug-likeness (QED) is 0.368. The van der Waals surface area contributed by atoms with Crippen molar-refractivity contribution in [1.82, 2.24) is 14.9 Å². The molecule has 0 bridgehead atoms. The van der Waals surface area contributed by atoms with Crippen LogP contribution in [0.25, 0.3) is 0 Å². The van der Waals surface area contributed by atoms with E-state index in [1.165, 1.54) is 29.3 Å². The summed E-state index contributed by atoms with van der Waals surface area (Å²) in [5.74, 6) is -0.349. The van der Waals surface area contributed by atoms with Gasteiger partial charge in [0.15, 0.2) is 11.6 Å². The number of ether oxygens (including phenoxy) is 1. The lowest BCUT2D eigenvalue weighted by Crippen LogP contribution is -2.39. The molecule has 9 nitrogen and oxygen atoms in total. The molecule has 1 aliphatic rings. The van der Waals surface area contributed by atoms with Crippen LogP contribution in [0.3, 0.4) is 0 Å². The summed E-state index contributed by atoms with van der Waals surface area (Å²) in [6, 6.07) is 22.8. The van der Waals surface area contributed by atoms with Gasteiger partial charge < -0.3 is 15.4 Å². The van der Waals surface area contributed by atoms with Crippen LogP contribution >= 0.6 is 0 Å². The Hall–Kier alpha value is -4.99. The first-order valence-corrected chi connectivity index (χ1v) is 11.1. The predicted octanol–water partition coefficient (Wildman–Crippen LogP) is 5.63. The van der Waals surface area contributed by atoms with Crippen LogP contribution in [0, 0.1) is 5.82 Å². The third-order valence-electron chi connectivity index (χ3n) is 5.38. The van der Waals surface area contributed by atoms with Gasteiger partial charge in [-0.25, -0.2) is 23.9 Å². The lowest BCUT2D eigenvalue weighted by molar-refractivity contribution is 0.209. The fraction of sp³-hybridized carbons (Fsp3) is 0.0769. The first-order valence-electron chi connectivity index (χ1n) is 11.1. The highest BCUT2D eigenvalue weighted by Crippen LogP contribution is 2.27. The number of carbonyl (C=O) groups is 2. The van der Waals surface area contributed by atoms with Gasteiger partial charge in [0.2, 0.25) is 11.8 Å². The Morgan fingerprint density at radius 1 is 0.917 bits per heavy atom. The molecule has 2 N–H and O–H groups in total. The maximum Gasteiger partial charge on any atom is 0.332 e. The number of nitrogens with one attached hydrogen (secondary N) is 2. The lowest BCUT2D eigenvalue weighted by atomic mass is 10.3. The van der Waals surface area contributed by atoms with E-state index in [1.807, 2.05) is 48.5 Å². The van der Waals surface area contributed by atoms with E-state index in [0.717, 1.165) is 16.7 Å². The number of rotatable bonds is 6. The number of imide groups is 1. The largest absolute Gasteiger partial charge is 0.436 e. The van der Waals surface area contributed by atoms with Crippen LogP contribution in [0.5, 0.6) is 11.6 Å². The van der Waals surface area contributed by atoms with Crippen molar-refractivity contribution in [2.24, 2.45) is 0 Å². The van der Waals surface area contributed by atoms with E-state index < -0.39 is 17.9 Å². The Bertz CT molecular complexity index is 1390. The van der Waals surface area contributed by atoms with E-state index in [1.54, 1.807) is 12.1 Å². The molecular formula is C26H21FN6O3. The van der Waals surface area contributed by atoms with Crippen LogP contribution in [-0.4, -0.2) is 40.0 Å². The number of amides is 4. The topological polar surface area (TPSA) is 99.7 Å². The molecular weight excluding hydrogens is 463 g/mol. The first-order chi connectivity index (χ1) is 17.6. The van der Waals surface area contributed by atoms with Gasteiger partial charge in [0, 0.05) is 41.9 Å². The molecule has 10 heteroatoms. The van der Waals surface area contributed by atoms with Crippen molar-refractivity contribution >= 4 is 35.1 Å². The molecule has 0 atom stereocenters. The van der Waals surface area contributed by atoms with Crippen molar-refractivity contribution in [3.05, 3.63) is 96.9 Å². The summed E-state index contributed by atoms with van der Waals surface area (Å²) in [6.07, 6.45) is 1.49. The minimum atomic E-state index is -0.706. The van der Waals surface area contributed by atoms with Gasteiger partial charge in [0.1, 0.15) is 0 Å². The lowest BCUT2D eigenvalue weighted by Gasteiger charge is -2.18. The molecule has 2 heterocycles. The van der Waals surface area contributed by atoms with E-state index >= 15 is 0 Å². The number of urea groups is 2. The van der Waals surface area contributed by atoms with E-state index in [0.29, 0.717) is 18.2 Å². The van der Waals surface area contributed by atoms with Gasteiger partial charge in [-0.3, -0.25) is 4.90 Å². The highest BCUT2D eigenvalue weighted by molar-refractivity contribution is 6.08. The molecule has 0 spiro atoms. The average molecular weight is 484 g/mol. The van der Waals surface area contributed by atoms with Gasteiger partial charge in [0.05, 0.1) is 6.54 Å². The van der Waals surface area contributed by atoms with Gasteiger partial charge >= 0.3 is 12.1 Å². The molecule has 0 aliphatic carbocycles. The maximum atomic E-state index is 14.7. The molecule has 5 rings (SSSR count). The molecule has 0 radical (unpaired) electrons. The molecule has 36 heavy (non-hydrogen) atoms. The molecule has 3 aromatic carbocycles. The highest BCUT2D eigenvalue weighted by atomic mass is 19.1. The van der Waals surface area contributed by atoms with E-state index in [9.17, 15) is 14.0 Å². The molecule has 1 fully saturated rings. The Balaban J connectivity index is 1.22. The third kappa shape index (κ3) is 5.07. The zero-order chi connectivity index (χ0) is 24.9. The summed E-state index contributed by atoms with van der Waals surface area (Å²) < 4.78 is 20.3. The van der Waals surface area contributed by atoms with Crippen molar-refractivity contribution < 1.29 is 18.7 Å². The van der Waals surface area contributed by atoms with Gasteiger partial charge in [-0.15, -0.1) is 0 Å². The van der Waals surface area contributed by atoms with Crippen LogP contribution in [0.4, 0.5) is 37.0 Å². The maximum absolute atomic E-state index is 14.7. The minimum absolute atomic E-state index is 0.0788. The van der Waals surface area contributed by atoms with E-state index in [2.05, 4.69) is 20.6 Å². The van der Waals surface area contributed by atoms with Crippen molar-refractivity contribution in [2.45, 2.75) is 0 Å². The zero-order valence-corrected chi connectivity index (χ0v) is 19.0. The summed E-state index contributed by atoms with van der Waals surface area (Å²) in [5, 5.41) is 5.60. The minimum Gasteiger partial charge on any atom is -0.436 e. The second-order valence-electron chi connectivity index (χ2n) is 7.81. The number of hydrogen-bond donors (Lipinski definition) is 2. The fourth-order valence-electron chi connectivity index (χ4n) is 3.65. The van der Waals surface area contributed by atoms with Crippen LogP contribution in [0.2, 0.25) is 0 Å². The molecule has 0 unspecified atom stereocenters. The number of para-hydroxylation sites is 2. The van der Waals surface area contributed by atoms with Gasteiger partial charge in [0.25, 0.3) is 0 Å². The van der Waals surface area contributed by atoms with E-state index in [-0.39, 0.29) is 23.9 Å². The predicted molar refractivity (Wildman–Crippen MR) is 133 cm³/mol. The Labute approximate surface area is 206 Å².